The normalized spacial score (nSPS) is 21.4. The van der Waals surface area contributed by atoms with E-state index >= 15 is 4.39 Å². The van der Waals surface area contributed by atoms with Crippen molar-refractivity contribution in [1.29, 1.82) is 5.26 Å². The lowest BCUT2D eigenvalue weighted by Crippen LogP contribution is -2.56. The van der Waals surface area contributed by atoms with Crippen LogP contribution in [0.3, 0.4) is 0 Å². The summed E-state index contributed by atoms with van der Waals surface area (Å²) < 4.78 is 26.3. The quantitative estimate of drug-likeness (QED) is 0.361. The average molecular weight is 631 g/mol. The molecule has 12 nitrogen and oxygen atoms in total. The molecule has 46 heavy (non-hydrogen) atoms. The number of ether oxygens (including phenoxy) is 2. The van der Waals surface area contributed by atoms with Gasteiger partial charge in [-0.25, -0.2) is 14.4 Å². The summed E-state index contributed by atoms with van der Waals surface area (Å²) in [5, 5.41) is 23.2. The lowest BCUT2D eigenvalue weighted by atomic mass is 10.0. The van der Waals surface area contributed by atoms with E-state index in [1.54, 1.807) is 32.0 Å². The number of hydrogen-bond donors (Lipinski definition) is 2. The molecule has 4 heterocycles. The molecule has 0 bridgehead atoms. The number of carbonyl (C=O) groups is 1. The van der Waals surface area contributed by atoms with Crippen LogP contribution in [-0.2, 0) is 9.53 Å². The van der Waals surface area contributed by atoms with Crippen molar-refractivity contribution < 1.29 is 23.8 Å². The molecule has 3 aliphatic heterocycles. The second-order valence-electron chi connectivity index (χ2n) is 12.3. The van der Waals surface area contributed by atoms with Crippen molar-refractivity contribution in [1.82, 2.24) is 24.8 Å². The number of nitrogens with one attached hydrogen (secondary N) is 1. The summed E-state index contributed by atoms with van der Waals surface area (Å²) in [6.07, 6.45) is -1.82. The molecule has 3 aliphatic rings. The smallest absolute Gasteiger partial charge is 0.251 e. The van der Waals surface area contributed by atoms with E-state index in [-0.39, 0.29) is 36.7 Å². The molecule has 1 aromatic heterocycles. The summed E-state index contributed by atoms with van der Waals surface area (Å²) >= 11 is 0. The van der Waals surface area contributed by atoms with Crippen molar-refractivity contribution in [2.75, 3.05) is 62.7 Å². The van der Waals surface area contributed by atoms with Crippen LogP contribution >= 0.6 is 0 Å². The van der Waals surface area contributed by atoms with Crippen LogP contribution in [0, 0.1) is 17.2 Å². The second kappa shape index (κ2) is 13.9. The van der Waals surface area contributed by atoms with Gasteiger partial charge in [0.25, 0.3) is 5.91 Å². The highest BCUT2D eigenvalue weighted by atomic mass is 19.1. The van der Waals surface area contributed by atoms with Gasteiger partial charge in [-0.2, -0.15) is 10.2 Å². The molecular weight excluding hydrogens is 591 g/mol. The number of aliphatic hydroxyl groups is 1. The average Bonchev–Trinajstić information content (AvgIpc) is 3.05. The van der Waals surface area contributed by atoms with Gasteiger partial charge in [-0.15, -0.1) is 0 Å². The summed E-state index contributed by atoms with van der Waals surface area (Å²) in [4.78, 5) is 31.8. The number of nitrogens with zero attached hydrogens (tertiary/aromatic N) is 7. The maximum Gasteiger partial charge on any atom is 0.251 e. The van der Waals surface area contributed by atoms with Gasteiger partial charge in [-0.3, -0.25) is 9.69 Å². The molecular formula is C33H39FN8O4. The fourth-order valence-electron chi connectivity index (χ4n) is 5.87. The lowest BCUT2D eigenvalue weighted by molar-refractivity contribution is -0.146. The van der Waals surface area contributed by atoms with Crippen LogP contribution in [0.5, 0.6) is 5.75 Å². The molecule has 2 N–H and O–H groups in total. The Balaban J connectivity index is 1.06. The Kier molecular flexibility index (Phi) is 9.58. The number of hydrogen-bond acceptors (Lipinski definition) is 11. The van der Waals surface area contributed by atoms with Crippen LogP contribution in [0.1, 0.15) is 25.8 Å². The minimum absolute atomic E-state index is 0.176. The van der Waals surface area contributed by atoms with E-state index in [9.17, 15) is 15.2 Å². The second-order valence-corrected chi connectivity index (χ2v) is 12.3. The highest BCUT2D eigenvalue weighted by Crippen LogP contribution is 2.29. The fraction of sp³-hybridized carbons (Fsp3) is 0.485. The monoisotopic (exact) mass is 630 g/mol. The number of alkyl halides is 1. The molecule has 0 saturated carbocycles. The fourth-order valence-corrected chi connectivity index (χ4v) is 5.87. The molecule has 13 heteroatoms. The van der Waals surface area contributed by atoms with Gasteiger partial charge < -0.3 is 29.7 Å². The summed E-state index contributed by atoms with van der Waals surface area (Å²) in [6, 6.07) is 15.8. The van der Waals surface area contributed by atoms with Gasteiger partial charge in [-0.1, -0.05) is 13.8 Å². The molecule has 1 unspecified atom stereocenters. The molecule has 2 aromatic carbocycles. The summed E-state index contributed by atoms with van der Waals surface area (Å²) in [7, 11) is 0. The minimum atomic E-state index is -1.47. The van der Waals surface area contributed by atoms with E-state index in [4.69, 9.17) is 9.47 Å². The zero-order valence-corrected chi connectivity index (χ0v) is 26.0. The number of carbonyl (C=O) groups excluding carboxylic acids is 1. The number of piperidine rings is 1. The zero-order chi connectivity index (χ0) is 32.2. The van der Waals surface area contributed by atoms with E-state index in [1.165, 1.54) is 16.9 Å². The maximum atomic E-state index is 15.1. The number of aromatic nitrogens is 3. The highest BCUT2D eigenvalue weighted by Gasteiger charge is 2.36. The van der Waals surface area contributed by atoms with Gasteiger partial charge in [0, 0.05) is 56.1 Å². The van der Waals surface area contributed by atoms with Crippen molar-refractivity contribution in [2.24, 2.45) is 5.92 Å². The summed E-state index contributed by atoms with van der Waals surface area (Å²) in [5.41, 5.74) is 2.80. The Morgan fingerprint density at radius 2 is 1.87 bits per heavy atom. The van der Waals surface area contributed by atoms with Crippen LogP contribution in [-0.4, -0.2) is 113 Å². The van der Waals surface area contributed by atoms with E-state index in [2.05, 4.69) is 48.3 Å². The number of aliphatic hydroxyl groups excluding tert-OH is 1. The van der Waals surface area contributed by atoms with Crippen LogP contribution in [0.15, 0.2) is 48.8 Å². The molecule has 242 valence electrons. The molecule has 6 rings (SSSR count). The van der Waals surface area contributed by atoms with Crippen molar-refractivity contribution in [2.45, 2.75) is 44.7 Å². The number of anilines is 3. The third-order valence-corrected chi connectivity index (χ3v) is 8.83. The van der Waals surface area contributed by atoms with Crippen LogP contribution in [0.4, 0.5) is 21.7 Å². The minimum Gasteiger partial charge on any atom is -0.486 e. The molecule has 0 aliphatic carbocycles. The number of piperazine rings is 1. The first-order valence-electron chi connectivity index (χ1n) is 15.7. The molecule has 0 radical (unpaired) electrons. The third-order valence-electron chi connectivity index (χ3n) is 8.83. The summed E-state index contributed by atoms with van der Waals surface area (Å²) in [5.74, 6) is 0.226. The molecule has 3 aromatic rings. The van der Waals surface area contributed by atoms with Gasteiger partial charge in [0.2, 0.25) is 5.95 Å². The largest absolute Gasteiger partial charge is 0.486 e. The number of halogens is 1. The first-order valence-corrected chi connectivity index (χ1v) is 15.7. The predicted octanol–water partition coefficient (Wildman–Crippen LogP) is 3.01. The Morgan fingerprint density at radius 1 is 1.11 bits per heavy atom. The van der Waals surface area contributed by atoms with E-state index < -0.39 is 24.3 Å². The van der Waals surface area contributed by atoms with Gasteiger partial charge in [0.15, 0.2) is 12.0 Å². The van der Waals surface area contributed by atoms with Crippen molar-refractivity contribution in [3.8, 4) is 23.2 Å². The van der Waals surface area contributed by atoms with Crippen molar-refractivity contribution >= 4 is 23.2 Å². The molecule has 3 saturated heterocycles. The van der Waals surface area contributed by atoms with Gasteiger partial charge in [0.05, 0.1) is 31.4 Å². The Labute approximate surface area is 267 Å². The molecule has 0 spiro atoms. The van der Waals surface area contributed by atoms with Gasteiger partial charge >= 0.3 is 0 Å². The Morgan fingerprint density at radius 3 is 2.52 bits per heavy atom. The van der Waals surface area contributed by atoms with Crippen molar-refractivity contribution in [3.63, 3.8) is 0 Å². The van der Waals surface area contributed by atoms with Gasteiger partial charge in [0.1, 0.15) is 30.4 Å². The molecule has 3 fully saturated rings. The Bertz CT molecular complexity index is 1560. The topological polar surface area (TPSA) is 140 Å². The van der Waals surface area contributed by atoms with Crippen LogP contribution < -0.4 is 15.0 Å². The number of amides is 1. The predicted molar refractivity (Wildman–Crippen MR) is 169 cm³/mol. The van der Waals surface area contributed by atoms with Crippen LogP contribution in [0.2, 0.25) is 0 Å². The lowest BCUT2D eigenvalue weighted by Gasteiger charge is -2.43. The van der Waals surface area contributed by atoms with E-state index in [0.29, 0.717) is 23.4 Å². The number of likely N-dealkylation sites (tertiary alicyclic amines) is 1. The van der Waals surface area contributed by atoms with Crippen LogP contribution in [0.25, 0.3) is 11.4 Å². The first-order chi connectivity index (χ1) is 22.3. The maximum absolute atomic E-state index is 15.1. The third kappa shape index (κ3) is 7.04. The van der Waals surface area contributed by atoms with E-state index in [1.807, 2.05) is 12.1 Å². The molecule has 3 atom stereocenters. The number of nitriles is 1. The number of rotatable bonds is 9. The molecule has 1 amide bonds. The standard InChI is InChI=1S/C33H39FN8O4/c1-21(2)30(43)32(44)42-10-9-29(27(34)17-42)46-28-8-3-22(15-23(28)16-35)31-36-20-37-33(39-31)38-24-4-6-25(7-5-24)40-11-13-41(14-12-40)26-18-45-19-26/h3-8,15,20-21,26-27,29-30,43H,9-14,17-19H2,1-2H3,(H,36,37,38,39)/t27-,29+,30?/m1/s1. The highest BCUT2D eigenvalue weighted by molar-refractivity contribution is 5.81. The van der Waals surface area contributed by atoms with E-state index in [0.717, 1.165) is 45.1 Å². The Hall–Kier alpha value is -4.38. The van der Waals surface area contributed by atoms with Crippen molar-refractivity contribution in [3.05, 3.63) is 54.4 Å². The zero-order valence-electron chi connectivity index (χ0n) is 26.0. The number of benzene rings is 2. The SMILES string of the molecule is CC(C)C(O)C(=O)N1CC[C@H](Oc2ccc(-c3ncnc(Nc4ccc(N5CCN(C6COC6)CC5)cc4)n3)cc2C#N)[C@H](F)C1. The van der Waals surface area contributed by atoms with Gasteiger partial charge in [-0.05, 0) is 48.4 Å². The summed E-state index contributed by atoms with van der Waals surface area (Å²) in [6.45, 7) is 9.26. The first kappa shape index (κ1) is 31.6.